The van der Waals surface area contributed by atoms with Crippen LogP contribution in [0.3, 0.4) is 0 Å². The van der Waals surface area contributed by atoms with Gasteiger partial charge in [-0.2, -0.15) is 0 Å². The topological polar surface area (TPSA) is 25.2 Å². The van der Waals surface area contributed by atoms with Crippen molar-refractivity contribution in [2.24, 2.45) is 11.8 Å². The van der Waals surface area contributed by atoms with Gasteiger partial charge in [-0.15, -0.1) is 0 Å². The highest BCUT2D eigenvalue weighted by Crippen LogP contribution is 2.40. The first-order valence-electron chi connectivity index (χ1n) is 7.56. The molecule has 0 radical (unpaired) electrons. The summed E-state index contributed by atoms with van der Waals surface area (Å²) in [6.07, 6.45) is 6.82. The average Bonchev–Trinajstić information content (AvgIpc) is 2.82. The predicted octanol–water partition coefficient (Wildman–Crippen LogP) is 4.46. The van der Waals surface area contributed by atoms with Crippen molar-refractivity contribution in [3.8, 4) is 0 Å². The second-order valence-electron chi connectivity index (χ2n) is 5.60. The van der Waals surface area contributed by atoms with E-state index in [0.29, 0.717) is 6.04 Å². The molecule has 0 amide bonds. The van der Waals surface area contributed by atoms with Crippen molar-refractivity contribution >= 4 is 0 Å². The Morgan fingerprint density at radius 1 is 1.28 bits per heavy atom. The van der Waals surface area contributed by atoms with Gasteiger partial charge in [0.25, 0.3) is 0 Å². The fourth-order valence-electron chi connectivity index (χ4n) is 3.49. The highest BCUT2D eigenvalue weighted by atomic mass is 16.3. The maximum atomic E-state index is 5.88. The lowest BCUT2D eigenvalue weighted by Crippen LogP contribution is -2.34. The summed E-state index contributed by atoms with van der Waals surface area (Å²) in [5, 5.41) is 3.65. The first-order valence-corrected chi connectivity index (χ1v) is 7.56. The number of aryl methyl sites for hydroxylation is 1. The molecule has 1 saturated carbocycles. The first kappa shape index (κ1) is 13.7. The lowest BCUT2D eigenvalue weighted by atomic mass is 9.73. The van der Waals surface area contributed by atoms with Crippen LogP contribution in [0.5, 0.6) is 0 Å². The number of hydrogen-bond acceptors (Lipinski definition) is 2. The monoisotopic (exact) mass is 249 g/mol. The molecule has 1 aliphatic carbocycles. The van der Waals surface area contributed by atoms with Crippen molar-refractivity contribution in [3.05, 3.63) is 23.7 Å². The SMILES string of the molecule is CCNC(c1ccc(C)o1)C1CCCCC1CC. The minimum Gasteiger partial charge on any atom is -0.465 e. The predicted molar refractivity (Wildman–Crippen MR) is 75.6 cm³/mol. The molecule has 0 spiro atoms. The second-order valence-corrected chi connectivity index (χ2v) is 5.60. The summed E-state index contributed by atoms with van der Waals surface area (Å²) < 4.78 is 5.88. The lowest BCUT2D eigenvalue weighted by Gasteiger charge is -2.36. The minimum atomic E-state index is 0.411. The summed E-state index contributed by atoms with van der Waals surface area (Å²) >= 11 is 0. The summed E-state index contributed by atoms with van der Waals surface area (Å²) in [5.41, 5.74) is 0. The number of hydrogen-bond donors (Lipinski definition) is 1. The molecule has 102 valence electrons. The molecular formula is C16H27NO. The molecule has 2 rings (SSSR count). The van der Waals surface area contributed by atoms with Crippen LogP contribution < -0.4 is 5.32 Å². The molecule has 1 heterocycles. The van der Waals surface area contributed by atoms with Crippen molar-refractivity contribution < 1.29 is 4.42 Å². The van der Waals surface area contributed by atoms with Crippen LogP contribution in [0.1, 0.15) is 63.5 Å². The van der Waals surface area contributed by atoms with Gasteiger partial charge < -0.3 is 9.73 Å². The van der Waals surface area contributed by atoms with Crippen molar-refractivity contribution in [3.63, 3.8) is 0 Å². The van der Waals surface area contributed by atoms with Gasteiger partial charge >= 0.3 is 0 Å². The van der Waals surface area contributed by atoms with Crippen LogP contribution in [-0.4, -0.2) is 6.54 Å². The van der Waals surface area contributed by atoms with Gasteiger partial charge in [-0.3, -0.25) is 0 Å². The molecule has 0 saturated heterocycles. The molecule has 2 nitrogen and oxygen atoms in total. The van der Waals surface area contributed by atoms with Crippen molar-refractivity contribution in [1.29, 1.82) is 0 Å². The molecule has 2 heteroatoms. The van der Waals surface area contributed by atoms with Crippen LogP contribution in [0, 0.1) is 18.8 Å². The summed E-state index contributed by atoms with van der Waals surface area (Å²) in [4.78, 5) is 0. The van der Waals surface area contributed by atoms with Gasteiger partial charge in [0.1, 0.15) is 11.5 Å². The molecule has 3 atom stereocenters. The maximum Gasteiger partial charge on any atom is 0.121 e. The number of rotatable bonds is 5. The fourth-order valence-corrected chi connectivity index (χ4v) is 3.49. The molecule has 0 aromatic carbocycles. The van der Waals surface area contributed by atoms with Crippen LogP contribution >= 0.6 is 0 Å². The lowest BCUT2D eigenvalue weighted by molar-refractivity contribution is 0.161. The van der Waals surface area contributed by atoms with E-state index in [-0.39, 0.29) is 0 Å². The Morgan fingerprint density at radius 3 is 2.67 bits per heavy atom. The highest BCUT2D eigenvalue weighted by Gasteiger charge is 2.32. The summed E-state index contributed by atoms with van der Waals surface area (Å²) in [6.45, 7) is 7.56. The van der Waals surface area contributed by atoms with E-state index in [2.05, 4.69) is 31.3 Å². The quantitative estimate of drug-likeness (QED) is 0.833. The van der Waals surface area contributed by atoms with E-state index in [0.717, 1.165) is 29.9 Å². The maximum absolute atomic E-state index is 5.88. The molecular weight excluding hydrogens is 222 g/mol. The van der Waals surface area contributed by atoms with Gasteiger partial charge in [-0.1, -0.05) is 39.5 Å². The van der Waals surface area contributed by atoms with E-state index in [4.69, 9.17) is 4.42 Å². The van der Waals surface area contributed by atoms with E-state index in [9.17, 15) is 0 Å². The summed E-state index contributed by atoms with van der Waals surface area (Å²) in [5.74, 6) is 3.76. The van der Waals surface area contributed by atoms with Crippen LogP contribution in [0.4, 0.5) is 0 Å². The summed E-state index contributed by atoms with van der Waals surface area (Å²) in [7, 11) is 0. The Morgan fingerprint density at radius 2 is 2.06 bits per heavy atom. The van der Waals surface area contributed by atoms with Gasteiger partial charge in [-0.25, -0.2) is 0 Å². The molecule has 1 aromatic heterocycles. The molecule has 0 aliphatic heterocycles. The number of furan rings is 1. The second kappa shape index (κ2) is 6.42. The molecule has 1 N–H and O–H groups in total. The Bertz CT molecular complexity index is 358. The Labute approximate surface area is 111 Å². The zero-order valence-electron chi connectivity index (χ0n) is 12.0. The minimum absolute atomic E-state index is 0.411. The first-order chi connectivity index (χ1) is 8.76. The van der Waals surface area contributed by atoms with Crippen molar-refractivity contribution in [2.75, 3.05) is 6.54 Å². The normalized spacial score (nSPS) is 26.2. The van der Waals surface area contributed by atoms with E-state index in [1.54, 1.807) is 0 Å². The largest absolute Gasteiger partial charge is 0.465 e. The van der Waals surface area contributed by atoms with Crippen LogP contribution in [0.25, 0.3) is 0 Å². The molecule has 1 aromatic rings. The Balaban J connectivity index is 2.17. The third-order valence-corrected chi connectivity index (χ3v) is 4.41. The highest BCUT2D eigenvalue weighted by molar-refractivity contribution is 5.11. The third-order valence-electron chi connectivity index (χ3n) is 4.41. The van der Waals surface area contributed by atoms with Gasteiger partial charge in [0.2, 0.25) is 0 Å². The molecule has 3 unspecified atom stereocenters. The van der Waals surface area contributed by atoms with Crippen LogP contribution in [-0.2, 0) is 0 Å². The Kier molecular flexibility index (Phi) is 4.87. The zero-order chi connectivity index (χ0) is 13.0. The number of nitrogens with one attached hydrogen (secondary N) is 1. The van der Waals surface area contributed by atoms with Crippen LogP contribution in [0.15, 0.2) is 16.5 Å². The fraction of sp³-hybridized carbons (Fsp3) is 0.750. The van der Waals surface area contributed by atoms with Gasteiger partial charge in [-0.05, 0) is 43.9 Å². The smallest absolute Gasteiger partial charge is 0.121 e. The van der Waals surface area contributed by atoms with E-state index >= 15 is 0 Å². The molecule has 0 bridgehead atoms. The van der Waals surface area contributed by atoms with Gasteiger partial charge in [0, 0.05) is 0 Å². The molecule has 1 aliphatic rings. The van der Waals surface area contributed by atoms with Gasteiger partial charge in [0.05, 0.1) is 6.04 Å². The Hall–Kier alpha value is -0.760. The molecule has 18 heavy (non-hydrogen) atoms. The third kappa shape index (κ3) is 2.97. The zero-order valence-corrected chi connectivity index (χ0v) is 12.0. The standard InChI is InChI=1S/C16H27NO/c1-4-13-8-6-7-9-14(13)16(17-5-2)15-11-10-12(3)18-15/h10-11,13-14,16-17H,4-9H2,1-3H3. The van der Waals surface area contributed by atoms with Crippen molar-refractivity contribution in [2.45, 2.75) is 58.9 Å². The summed E-state index contributed by atoms with van der Waals surface area (Å²) in [6, 6.07) is 4.65. The van der Waals surface area contributed by atoms with E-state index in [1.807, 2.05) is 6.92 Å². The average molecular weight is 249 g/mol. The van der Waals surface area contributed by atoms with E-state index in [1.165, 1.54) is 32.1 Å². The van der Waals surface area contributed by atoms with Crippen molar-refractivity contribution in [1.82, 2.24) is 5.32 Å². The van der Waals surface area contributed by atoms with Crippen LogP contribution in [0.2, 0.25) is 0 Å². The van der Waals surface area contributed by atoms with Gasteiger partial charge in [0.15, 0.2) is 0 Å². The van der Waals surface area contributed by atoms with E-state index < -0.39 is 0 Å². The molecule has 1 fully saturated rings.